The lowest BCUT2D eigenvalue weighted by Crippen LogP contribution is -2.58. The molecule has 37 heavy (non-hydrogen) atoms. The fraction of sp³-hybridized carbons (Fsp3) is 0.519. The first-order chi connectivity index (χ1) is 17.7. The van der Waals surface area contributed by atoms with E-state index in [1.807, 2.05) is 18.2 Å². The molecule has 7 unspecified atom stereocenters. The van der Waals surface area contributed by atoms with Gasteiger partial charge in [0.25, 0.3) is 0 Å². The summed E-state index contributed by atoms with van der Waals surface area (Å²) >= 11 is 0. The second-order valence-electron chi connectivity index (χ2n) is 9.38. The first-order valence-electron chi connectivity index (χ1n) is 12.2. The third kappa shape index (κ3) is 5.77. The summed E-state index contributed by atoms with van der Waals surface area (Å²) < 4.78 is 32.9. The summed E-state index contributed by atoms with van der Waals surface area (Å²) in [7, 11) is 4.65. The number of carbonyl (C=O) groups excluding carboxylic acids is 1. The van der Waals surface area contributed by atoms with Gasteiger partial charge in [-0.3, -0.25) is 4.79 Å². The molecule has 0 bridgehead atoms. The largest absolute Gasteiger partial charge is 0.493 e. The molecule has 0 amide bonds. The molecule has 202 valence electrons. The molecule has 2 fully saturated rings. The summed E-state index contributed by atoms with van der Waals surface area (Å²) in [5, 5.41) is 30.2. The van der Waals surface area contributed by atoms with Gasteiger partial charge in [-0.25, -0.2) is 0 Å². The number of carbonyl (C=O) groups is 1. The van der Waals surface area contributed by atoms with E-state index in [2.05, 4.69) is 0 Å². The van der Waals surface area contributed by atoms with Crippen LogP contribution in [0.2, 0.25) is 0 Å². The van der Waals surface area contributed by atoms with E-state index in [1.54, 1.807) is 39.3 Å². The Morgan fingerprint density at radius 1 is 0.811 bits per heavy atom. The minimum Gasteiger partial charge on any atom is -0.493 e. The molecular weight excluding hydrogens is 484 g/mol. The van der Waals surface area contributed by atoms with Gasteiger partial charge in [0.05, 0.1) is 40.0 Å². The highest BCUT2D eigenvalue weighted by molar-refractivity contribution is 5.75. The maximum Gasteiger partial charge on any atom is 0.309 e. The van der Waals surface area contributed by atoms with E-state index in [0.29, 0.717) is 42.4 Å². The average molecular weight is 519 g/mol. The number of aliphatic hydroxyl groups is 3. The zero-order chi connectivity index (χ0) is 26.7. The van der Waals surface area contributed by atoms with Crippen LogP contribution in [0.1, 0.15) is 18.1 Å². The van der Waals surface area contributed by atoms with Crippen molar-refractivity contribution in [3.8, 4) is 23.0 Å². The number of rotatable bonds is 9. The van der Waals surface area contributed by atoms with Crippen molar-refractivity contribution in [1.82, 2.24) is 0 Å². The number of cyclic esters (lactones) is 1. The predicted molar refractivity (Wildman–Crippen MR) is 131 cm³/mol. The van der Waals surface area contributed by atoms with E-state index in [1.165, 1.54) is 7.11 Å². The van der Waals surface area contributed by atoms with Crippen molar-refractivity contribution in [2.24, 2.45) is 11.8 Å². The molecular formula is C27H34O10. The predicted octanol–water partition coefficient (Wildman–Crippen LogP) is 1.49. The molecule has 2 saturated heterocycles. The second kappa shape index (κ2) is 11.6. The first kappa shape index (κ1) is 27.0. The molecule has 0 aliphatic carbocycles. The Morgan fingerprint density at radius 2 is 1.41 bits per heavy atom. The second-order valence-corrected chi connectivity index (χ2v) is 9.38. The van der Waals surface area contributed by atoms with Crippen LogP contribution in [0.25, 0.3) is 0 Å². The Balaban J connectivity index is 1.47. The highest BCUT2D eigenvalue weighted by Crippen LogP contribution is 2.36. The van der Waals surface area contributed by atoms with Gasteiger partial charge in [0, 0.05) is 5.92 Å². The lowest BCUT2D eigenvalue weighted by molar-refractivity contribution is -0.268. The Bertz CT molecular complexity index is 1090. The molecule has 0 radical (unpaired) electrons. The van der Waals surface area contributed by atoms with Crippen LogP contribution in [0.5, 0.6) is 23.0 Å². The lowest BCUT2D eigenvalue weighted by atomic mass is 9.85. The van der Waals surface area contributed by atoms with Crippen molar-refractivity contribution in [1.29, 1.82) is 0 Å². The maximum absolute atomic E-state index is 12.6. The van der Waals surface area contributed by atoms with Crippen LogP contribution in [0, 0.1) is 11.8 Å². The minimum absolute atomic E-state index is 0.0206. The van der Waals surface area contributed by atoms with E-state index in [-0.39, 0.29) is 17.8 Å². The fourth-order valence-corrected chi connectivity index (χ4v) is 4.79. The molecule has 2 heterocycles. The molecule has 3 N–H and O–H groups in total. The van der Waals surface area contributed by atoms with Crippen LogP contribution < -0.4 is 18.9 Å². The van der Waals surface area contributed by atoms with E-state index in [9.17, 15) is 20.1 Å². The Labute approximate surface area is 215 Å². The third-order valence-corrected chi connectivity index (χ3v) is 6.99. The van der Waals surface area contributed by atoms with E-state index in [4.69, 9.17) is 28.4 Å². The number of hydrogen-bond donors (Lipinski definition) is 3. The van der Waals surface area contributed by atoms with Crippen LogP contribution in [-0.4, -0.2) is 79.9 Å². The summed E-state index contributed by atoms with van der Waals surface area (Å²) in [5.41, 5.74) is 1.86. The summed E-state index contributed by atoms with van der Waals surface area (Å²) in [4.78, 5) is 12.6. The van der Waals surface area contributed by atoms with Gasteiger partial charge in [-0.1, -0.05) is 12.1 Å². The van der Waals surface area contributed by atoms with Gasteiger partial charge in [0.2, 0.25) is 6.29 Å². The monoisotopic (exact) mass is 518 g/mol. The molecule has 4 rings (SSSR count). The summed E-state index contributed by atoms with van der Waals surface area (Å²) in [5.74, 6) is 1.34. The number of esters is 1. The average Bonchev–Trinajstić information content (AvgIpc) is 3.24. The molecule has 7 atom stereocenters. The standard InChI is InChI=1S/C27H34O10/c1-14-23(28)24(29)25(30)27(36-14)37-20-8-6-16(12-22(20)34-4)10-18-17(13-35-26(18)31)9-15-5-7-19(32-2)21(11-15)33-3/h5-8,11-12,14,17-18,23-25,27-30H,9-10,13H2,1-4H3. The van der Waals surface area contributed by atoms with Crippen LogP contribution in [0.3, 0.4) is 0 Å². The number of ether oxygens (including phenoxy) is 6. The van der Waals surface area contributed by atoms with E-state index < -0.39 is 30.7 Å². The van der Waals surface area contributed by atoms with Gasteiger partial charge in [0.1, 0.15) is 18.3 Å². The van der Waals surface area contributed by atoms with Crippen molar-refractivity contribution in [3.63, 3.8) is 0 Å². The Morgan fingerprint density at radius 3 is 2.05 bits per heavy atom. The van der Waals surface area contributed by atoms with Gasteiger partial charge in [-0.15, -0.1) is 0 Å². The lowest BCUT2D eigenvalue weighted by Gasteiger charge is -2.39. The van der Waals surface area contributed by atoms with Gasteiger partial charge < -0.3 is 43.7 Å². The van der Waals surface area contributed by atoms with Crippen molar-refractivity contribution in [2.45, 2.75) is 50.5 Å². The van der Waals surface area contributed by atoms with Crippen molar-refractivity contribution >= 4 is 5.97 Å². The van der Waals surface area contributed by atoms with Crippen LogP contribution in [0.4, 0.5) is 0 Å². The van der Waals surface area contributed by atoms with Gasteiger partial charge in [-0.2, -0.15) is 0 Å². The highest BCUT2D eigenvalue weighted by Gasteiger charge is 2.43. The number of hydrogen-bond acceptors (Lipinski definition) is 10. The molecule has 10 nitrogen and oxygen atoms in total. The summed E-state index contributed by atoms with van der Waals surface area (Å²) in [6.45, 7) is 1.91. The van der Waals surface area contributed by atoms with E-state index >= 15 is 0 Å². The normalized spacial score (nSPS) is 29.5. The number of aliphatic hydroxyl groups excluding tert-OH is 3. The first-order valence-corrected chi connectivity index (χ1v) is 12.2. The maximum atomic E-state index is 12.6. The molecule has 2 aromatic carbocycles. The summed E-state index contributed by atoms with van der Waals surface area (Å²) in [6, 6.07) is 10.9. The zero-order valence-electron chi connectivity index (χ0n) is 21.3. The van der Waals surface area contributed by atoms with Crippen molar-refractivity contribution in [2.75, 3.05) is 27.9 Å². The van der Waals surface area contributed by atoms with Crippen molar-refractivity contribution < 1.29 is 48.5 Å². The molecule has 2 aliphatic rings. The quantitative estimate of drug-likeness (QED) is 0.419. The Kier molecular flexibility index (Phi) is 8.43. The topological polar surface area (TPSA) is 133 Å². The van der Waals surface area contributed by atoms with Crippen molar-refractivity contribution in [3.05, 3.63) is 47.5 Å². The number of benzene rings is 2. The molecule has 0 aromatic heterocycles. The SMILES string of the molecule is COc1ccc(CC2COC(=O)C2Cc2ccc(OC3OC(C)C(O)C(O)C3O)c(OC)c2)cc1OC. The Hall–Kier alpha value is -3.05. The molecule has 0 spiro atoms. The van der Waals surface area contributed by atoms with E-state index in [0.717, 1.165) is 11.1 Å². The molecule has 10 heteroatoms. The van der Waals surface area contributed by atoms with Gasteiger partial charge in [0.15, 0.2) is 23.0 Å². The van der Waals surface area contributed by atoms with Crippen LogP contribution >= 0.6 is 0 Å². The molecule has 0 saturated carbocycles. The highest BCUT2D eigenvalue weighted by atomic mass is 16.7. The smallest absolute Gasteiger partial charge is 0.309 e. The number of methoxy groups -OCH3 is 3. The van der Waals surface area contributed by atoms with Crippen LogP contribution in [0.15, 0.2) is 36.4 Å². The molecule has 2 aliphatic heterocycles. The summed E-state index contributed by atoms with van der Waals surface area (Å²) in [6.07, 6.45) is -4.92. The fourth-order valence-electron chi connectivity index (χ4n) is 4.79. The van der Waals surface area contributed by atoms with Gasteiger partial charge >= 0.3 is 5.97 Å². The third-order valence-electron chi connectivity index (χ3n) is 6.99. The minimum atomic E-state index is -1.44. The zero-order valence-corrected chi connectivity index (χ0v) is 21.3. The van der Waals surface area contributed by atoms with Crippen LogP contribution in [-0.2, 0) is 27.1 Å². The van der Waals surface area contributed by atoms with Gasteiger partial charge in [-0.05, 0) is 55.2 Å². The molecule has 2 aromatic rings.